The summed E-state index contributed by atoms with van der Waals surface area (Å²) in [5, 5.41) is 10.6. The monoisotopic (exact) mass is 340 g/mol. The Bertz CT molecular complexity index is 877. The quantitative estimate of drug-likeness (QED) is 0.550. The van der Waals surface area contributed by atoms with E-state index in [0.717, 1.165) is 0 Å². The maximum absolute atomic E-state index is 12.8. The lowest BCUT2D eigenvalue weighted by Gasteiger charge is -2.16. The number of nitrogens with zero attached hydrogens (tertiary/aromatic N) is 2. The molecule has 0 amide bonds. The number of fused-ring (bicyclic) bond motifs is 1. The van der Waals surface area contributed by atoms with Crippen molar-refractivity contribution >= 4 is 22.7 Å². The van der Waals surface area contributed by atoms with Crippen LogP contribution in [0.1, 0.15) is 24.2 Å². The molecular formula is C19H20N2O2S. The Morgan fingerprint density at radius 2 is 1.83 bits per heavy atom. The topological polar surface area (TPSA) is 55.1 Å². The number of aliphatic hydroxyl groups is 1. The van der Waals surface area contributed by atoms with E-state index in [-0.39, 0.29) is 17.4 Å². The van der Waals surface area contributed by atoms with Crippen LogP contribution in [0.15, 0.2) is 64.5 Å². The molecule has 0 spiro atoms. The van der Waals surface area contributed by atoms with Gasteiger partial charge in [0.05, 0.1) is 10.9 Å². The molecule has 124 valence electrons. The average molecular weight is 340 g/mol. The molecule has 24 heavy (non-hydrogen) atoms. The van der Waals surface area contributed by atoms with Crippen LogP contribution in [0.4, 0.5) is 0 Å². The summed E-state index contributed by atoms with van der Waals surface area (Å²) in [5.41, 5.74) is 1.86. The average Bonchev–Trinajstić information content (AvgIpc) is 2.62. The Hall–Kier alpha value is -2.11. The van der Waals surface area contributed by atoms with Crippen LogP contribution in [-0.2, 0) is 6.54 Å². The molecule has 1 N–H and O–H groups in total. The number of aromatic nitrogens is 2. The van der Waals surface area contributed by atoms with Crippen LogP contribution >= 0.6 is 11.8 Å². The molecule has 1 heterocycles. The fourth-order valence-electron chi connectivity index (χ4n) is 2.61. The zero-order valence-electron chi connectivity index (χ0n) is 13.6. The molecule has 0 radical (unpaired) electrons. The molecule has 0 aliphatic carbocycles. The molecule has 0 unspecified atom stereocenters. The second kappa shape index (κ2) is 7.64. The molecule has 0 saturated carbocycles. The van der Waals surface area contributed by atoms with Gasteiger partial charge in [0.1, 0.15) is 0 Å². The van der Waals surface area contributed by atoms with Gasteiger partial charge in [-0.1, -0.05) is 54.2 Å². The minimum Gasteiger partial charge on any atom is -0.396 e. The molecule has 0 aliphatic heterocycles. The van der Waals surface area contributed by atoms with Crippen molar-refractivity contribution in [3.63, 3.8) is 0 Å². The number of rotatable bonds is 6. The Kier molecular flexibility index (Phi) is 5.33. The molecule has 0 aliphatic rings. The van der Waals surface area contributed by atoms with Gasteiger partial charge in [-0.2, -0.15) is 0 Å². The van der Waals surface area contributed by atoms with Gasteiger partial charge in [0.25, 0.3) is 5.56 Å². The van der Waals surface area contributed by atoms with Gasteiger partial charge >= 0.3 is 0 Å². The first kappa shape index (κ1) is 16.7. The van der Waals surface area contributed by atoms with Crippen molar-refractivity contribution in [1.82, 2.24) is 9.55 Å². The van der Waals surface area contributed by atoms with Crippen LogP contribution in [0.5, 0.6) is 0 Å². The molecule has 1 atom stereocenters. The lowest BCUT2D eigenvalue weighted by molar-refractivity contribution is 0.276. The van der Waals surface area contributed by atoms with Crippen molar-refractivity contribution in [2.45, 2.75) is 30.3 Å². The summed E-state index contributed by atoms with van der Waals surface area (Å²) in [4.78, 5) is 17.5. The van der Waals surface area contributed by atoms with Crippen LogP contribution in [0, 0.1) is 0 Å². The summed E-state index contributed by atoms with van der Waals surface area (Å²) in [7, 11) is 0. The number of hydrogen-bond acceptors (Lipinski definition) is 4. The van der Waals surface area contributed by atoms with Gasteiger partial charge in [-0.25, -0.2) is 4.98 Å². The van der Waals surface area contributed by atoms with Crippen molar-refractivity contribution < 1.29 is 5.11 Å². The van der Waals surface area contributed by atoms with E-state index in [1.54, 1.807) is 22.4 Å². The molecule has 0 bridgehead atoms. The van der Waals surface area contributed by atoms with Gasteiger partial charge in [-0.3, -0.25) is 9.36 Å². The summed E-state index contributed by atoms with van der Waals surface area (Å²) in [6, 6.07) is 17.6. The zero-order chi connectivity index (χ0) is 16.9. The largest absolute Gasteiger partial charge is 0.396 e. The first-order valence-electron chi connectivity index (χ1n) is 8.02. The van der Waals surface area contributed by atoms with Gasteiger partial charge in [0.15, 0.2) is 5.16 Å². The maximum Gasteiger partial charge on any atom is 0.262 e. The number of para-hydroxylation sites is 1. The lowest BCUT2D eigenvalue weighted by atomic mass is 10.2. The third kappa shape index (κ3) is 3.52. The van der Waals surface area contributed by atoms with E-state index in [2.05, 4.69) is 19.1 Å². The van der Waals surface area contributed by atoms with Gasteiger partial charge in [-0.05, 0) is 31.0 Å². The number of hydrogen-bond donors (Lipinski definition) is 1. The highest BCUT2D eigenvalue weighted by atomic mass is 32.2. The Morgan fingerprint density at radius 1 is 1.12 bits per heavy atom. The summed E-state index contributed by atoms with van der Waals surface area (Å²) in [5.74, 6) is 0. The fraction of sp³-hybridized carbons (Fsp3) is 0.263. The predicted molar refractivity (Wildman–Crippen MR) is 98.4 cm³/mol. The predicted octanol–water partition coefficient (Wildman–Crippen LogP) is 3.63. The number of aliphatic hydroxyl groups excluding tert-OH is 1. The highest BCUT2D eigenvalue weighted by Gasteiger charge is 2.15. The highest BCUT2D eigenvalue weighted by Crippen LogP contribution is 2.33. The highest BCUT2D eigenvalue weighted by molar-refractivity contribution is 7.99. The standard InChI is InChI=1S/C19H20N2O2S/c1-14(15-8-3-2-4-9-15)24-19-20-17-11-6-5-10-16(17)18(23)21(19)12-7-13-22/h2-6,8-11,14,22H,7,12-13H2,1H3/t14-/m1/s1. The third-order valence-corrected chi connectivity index (χ3v) is 5.07. The molecule has 0 saturated heterocycles. The normalized spacial score (nSPS) is 12.4. The third-order valence-electron chi connectivity index (χ3n) is 3.92. The molecule has 2 aromatic carbocycles. The van der Waals surface area contributed by atoms with Crippen LogP contribution in [0.3, 0.4) is 0 Å². The van der Waals surface area contributed by atoms with Crippen LogP contribution in [0.25, 0.3) is 10.9 Å². The summed E-state index contributed by atoms with van der Waals surface area (Å²) in [6.45, 7) is 2.63. The molecular weight excluding hydrogens is 320 g/mol. The molecule has 5 heteroatoms. The maximum atomic E-state index is 12.8. The number of benzene rings is 2. The van der Waals surface area contributed by atoms with Crippen molar-refractivity contribution in [3.8, 4) is 0 Å². The van der Waals surface area contributed by atoms with Gasteiger partial charge in [0, 0.05) is 18.4 Å². The van der Waals surface area contributed by atoms with E-state index in [1.165, 1.54) is 5.56 Å². The fourth-order valence-corrected chi connectivity index (χ4v) is 3.68. The summed E-state index contributed by atoms with van der Waals surface area (Å²) < 4.78 is 1.68. The van der Waals surface area contributed by atoms with Crippen molar-refractivity contribution in [3.05, 3.63) is 70.5 Å². The summed E-state index contributed by atoms with van der Waals surface area (Å²) in [6.07, 6.45) is 0.535. The van der Waals surface area contributed by atoms with E-state index in [4.69, 9.17) is 10.1 Å². The lowest BCUT2D eigenvalue weighted by Crippen LogP contribution is -2.24. The Balaban J connectivity index is 2.03. The first-order chi connectivity index (χ1) is 11.7. The molecule has 3 aromatic rings. The molecule has 4 nitrogen and oxygen atoms in total. The molecule has 3 rings (SSSR count). The smallest absolute Gasteiger partial charge is 0.262 e. The van der Waals surface area contributed by atoms with E-state index in [9.17, 15) is 4.79 Å². The SMILES string of the molecule is C[C@@H](Sc1nc2ccccc2c(=O)n1CCCO)c1ccccc1. The van der Waals surface area contributed by atoms with Gasteiger partial charge < -0.3 is 5.11 Å². The Labute approximate surface area is 145 Å². The Morgan fingerprint density at radius 3 is 2.58 bits per heavy atom. The minimum absolute atomic E-state index is 0.0446. The van der Waals surface area contributed by atoms with E-state index >= 15 is 0 Å². The zero-order valence-corrected chi connectivity index (χ0v) is 14.4. The van der Waals surface area contributed by atoms with E-state index in [1.807, 2.05) is 36.4 Å². The second-order valence-electron chi connectivity index (χ2n) is 5.62. The van der Waals surface area contributed by atoms with Crippen LogP contribution in [0.2, 0.25) is 0 Å². The van der Waals surface area contributed by atoms with Crippen molar-refractivity contribution in [1.29, 1.82) is 0 Å². The summed E-state index contributed by atoms with van der Waals surface area (Å²) >= 11 is 1.57. The van der Waals surface area contributed by atoms with Crippen LogP contribution < -0.4 is 5.56 Å². The second-order valence-corrected chi connectivity index (χ2v) is 6.92. The van der Waals surface area contributed by atoms with Gasteiger partial charge in [-0.15, -0.1) is 0 Å². The van der Waals surface area contributed by atoms with Crippen molar-refractivity contribution in [2.75, 3.05) is 6.61 Å². The first-order valence-corrected chi connectivity index (χ1v) is 8.90. The van der Waals surface area contributed by atoms with Crippen LogP contribution in [-0.4, -0.2) is 21.3 Å². The molecule has 1 aromatic heterocycles. The minimum atomic E-state index is -0.0446. The van der Waals surface area contributed by atoms with Gasteiger partial charge in [0.2, 0.25) is 0 Å². The molecule has 0 fully saturated rings. The van der Waals surface area contributed by atoms with Crippen molar-refractivity contribution in [2.24, 2.45) is 0 Å². The van der Waals surface area contributed by atoms with E-state index < -0.39 is 0 Å². The number of thioether (sulfide) groups is 1. The van der Waals surface area contributed by atoms with E-state index in [0.29, 0.717) is 29.0 Å².